The molecule has 0 aromatic heterocycles. The molecule has 0 unspecified atom stereocenters. The predicted octanol–water partition coefficient (Wildman–Crippen LogP) is 12.3. The van der Waals surface area contributed by atoms with E-state index in [2.05, 4.69) is 240 Å². The average molecular weight is 889 g/mol. The summed E-state index contributed by atoms with van der Waals surface area (Å²) in [6.45, 7) is 0.00776. The summed E-state index contributed by atoms with van der Waals surface area (Å²) in [5, 5.41) is 0. The van der Waals surface area contributed by atoms with Crippen molar-refractivity contribution in [3.63, 3.8) is 0 Å². The minimum Gasteiger partial charge on any atom is -0.458 e. The van der Waals surface area contributed by atoms with Gasteiger partial charge in [-0.2, -0.15) is 0 Å². The van der Waals surface area contributed by atoms with E-state index in [0.717, 1.165) is 39.8 Å². The topological polar surface area (TPSA) is 15.7 Å². The van der Waals surface area contributed by atoms with Gasteiger partial charge in [-0.3, -0.25) is 0 Å². The van der Waals surface area contributed by atoms with Gasteiger partial charge in [0, 0.05) is 53.6 Å². The molecule has 67 heavy (non-hydrogen) atoms. The van der Waals surface area contributed by atoms with Gasteiger partial charge in [-0.15, -0.1) is 0 Å². The summed E-state index contributed by atoms with van der Waals surface area (Å²) in [6.07, 6.45) is 0. The van der Waals surface area contributed by atoms with Crippen molar-refractivity contribution in [1.82, 2.24) is 0 Å². The predicted molar refractivity (Wildman–Crippen MR) is 284 cm³/mol. The van der Waals surface area contributed by atoms with Crippen LogP contribution in [0.1, 0.15) is 0 Å². The molecule has 10 aromatic carbocycles. The van der Waals surface area contributed by atoms with Crippen LogP contribution in [-0.2, 0) is 0 Å². The summed E-state index contributed by atoms with van der Waals surface area (Å²) in [4.78, 5) is 10.1. The van der Waals surface area contributed by atoms with Crippen molar-refractivity contribution >= 4 is 104 Å². The lowest BCUT2D eigenvalue weighted by molar-refractivity contribution is 0.486. The summed E-state index contributed by atoms with van der Waals surface area (Å²) in [7, 11) is 0. The zero-order valence-corrected chi connectivity index (χ0v) is 37.8. The molecule has 0 amide bonds. The van der Waals surface area contributed by atoms with Crippen LogP contribution in [0.3, 0.4) is 0 Å². The van der Waals surface area contributed by atoms with Gasteiger partial charge in [-0.05, 0) is 111 Å². The molecule has 0 aliphatic carbocycles. The van der Waals surface area contributed by atoms with E-state index < -0.39 is 0 Å². The summed E-state index contributed by atoms with van der Waals surface area (Å²) in [6, 6.07) is 84.5. The van der Waals surface area contributed by atoms with Gasteiger partial charge >= 0.3 is 0 Å². The quantitative estimate of drug-likeness (QED) is 0.154. The Hall–Kier alpha value is -7.57. The zero-order valence-electron chi connectivity index (χ0n) is 36.2. The normalized spacial score (nSPS) is 13.3. The molecule has 10 aromatic rings. The zero-order chi connectivity index (χ0) is 44.0. The van der Waals surface area contributed by atoms with Crippen LogP contribution in [0.2, 0.25) is 0 Å². The maximum atomic E-state index is 6.87. The van der Waals surface area contributed by atoms with Crippen LogP contribution in [0.25, 0.3) is 22.3 Å². The highest BCUT2D eigenvalue weighted by Crippen LogP contribution is 2.49. The SMILES string of the molecule is c1ccc(-c2cc3c4c(c2)Sc2cc5c(cc2B4c2ccccc2O3)B2c3ccccc3Sc3cc(N(c4ccccc4)c4ccccc4)cc(c32)N5c2ccccc2-c2ccccc2)cc1. The maximum absolute atomic E-state index is 6.87. The first-order valence-corrected chi connectivity index (χ1v) is 24.5. The second-order valence-electron chi connectivity index (χ2n) is 17.6. The fraction of sp³-hybridized carbons (Fsp3) is 0. The van der Waals surface area contributed by atoms with E-state index >= 15 is 0 Å². The molecule has 0 atom stereocenters. The van der Waals surface area contributed by atoms with Gasteiger partial charge in [0.1, 0.15) is 11.5 Å². The van der Waals surface area contributed by atoms with Crippen LogP contribution >= 0.6 is 23.5 Å². The molecule has 4 heterocycles. The molecule has 0 saturated heterocycles. The Bertz CT molecular complexity index is 3550. The Morgan fingerprint density at radius 1 is 0.343 bits per heavy atom. The van der Waals surface area contributed by atoms with Crippen molar-refractivity contribution in [1.29, 1.82) is 0 Å². The molecule has 0 fully saturated rings. The molecule has 7 heteroatoms. The molecule has 3 nitrogen and oxygen atoms in total. The molecule has 4 aliphatic rings. The monoisotopic (exact) mass is 888 g/mol. The average Bonchev–Trinajstić information content (AvgIpc) is 3.39. The molecule has 0 N–H and O–H groups in total. The summed E-state index contributed by atoms with van der Waals surface area (Å²) >= 11 is 3.78. The lowest BCUT2D eigenvalue weighted by Gasteiger charge is -2.43. The van der Waals surface area contributed by atoms with Crippen molar-refractivity contribution in [3.05, 3.63) is 231 Å². The van der Waals surface area contributed by atoms with E-state index in [4.69, 9.17) is 4.74 Å². The number of rotatable bonds is 6. The number of ether oxygens (including phenoxy) is 1. The molecule has 312 valence electrons. The van der Waals surface area contributed by atoms with E-state index in [9.17, 15) is 0 Å². The van der Waals surface area contributed by atoms with Crippen molar-refractivity contribution in [2.24, 2.45) is 0 Å². The van der Waals surface area contributed by atoms with Gasteiger partial charge < -0.3 is 14.5 Å². The minimum atomic E-state index is 0.000228. The molecule has 0 radical (unpaired) electrons. The summed E-state index contributed by atoms with van der Waals surface area (Å²) < 4.78 is 6.87. The summed E-state index contributed by atoms with van der Waals surface area (Å²) in [5.74, 6) is 1.86. The Labute approximate surface area is 399 Å². The smallest absolute Gasteiger partial charge is 0.253 e. The van der Waals surface area contributed by atoms with Gasteiger partial charge in [0.2, 0.25) is 6.71 Å². The first-order chi connectivity index (χ1) is 33.2. The molecule has 14 rings (SSSR count). The Morgan fingerprint density at radius 3 is 1.70 bits per heavy atom. The molecular formula is C60H38B2N2OS2. The van der Waals surface area contributed by atoms with Gasteiger partial charge in [0.05, 0.1) is 5.69 Å². The first kappa shape index (κ1) is 38.7. The number of benzene rings is 10. The second-order valence-corrected chi connectivity index (χ2v) is 19.7. The van der Waals surface area contributed by atoms with Crippen molar-refractivity contribution in [3.8, 4) is 33.8 Å². The molecule has 0 saturated carbocycles. The number of fused-ring (bicyclic) bond motifs is 8. The van der Waals surface area contributed by atoms with Crippen molar-refractivity contribution in [2.45, 2.75) is 19.6 Å². The third kappa shape index (κ3) is 6.19. The fourth-order valence-corrected chi connectivity index (χ4v) is 13.4. The number of nitrogens with zero attached hydrogens (tertiary/aromatic N) is 2. The number of anilines is 6. The van der Waals surface area contributed by atoms with Gasteiger partial charge in [-0.25, -0.2) is 0 Å². The minimum absolute atomic E-state index is 0.000228. The van der Waals surface area contributed by atoms with Crippen molar-refractivity contribution < 1.29 is 4.74 Å². The van der Waals surface area contributed by atoms with E-state index in [0.29, 0.717) is 0 Å². The van der Waals surface area contributed by atoms with E-state index in [-0.39, 0.29) is 13.4 Å². The van der Waals surface area contributed by atoms with Crippen LogP contribution in [0.5, 0.6) is 11.5 Å². The van der Waals surface area contributed by atoms with Crippen LogP contribution in [-0.4, -0.2) is 13.4 Å². The van der Waals surface area contributed by atoms with Crippen LogP contribution in [0.4, 0.5) is 34.1 Å². The Balaban J connectivity index is 1.07. The number of hydrogen-bond donors (Lipinski definition) is 0. The third-order valence-corrected chi connectivity index (χ3v) is 16.1. The van der Waals surface area contributed by atoms with E-state index in [1.165, 1.54) is 80.4 Å². The largest absolute Gasteiger partial charge is 0.458 e. The lowest BCUT2D eigenvalue weighted by Crippen LogP contribution is -2.63. The van der Waals surface area contributed by atoms with Gasteiger partial charge in [-0.1, -0.05) is 192 Å². The highest BCUT2D eigenvalue weighted by Gasteiger charge is 2.46. The fourth-order valence-electron chi connectivity index (χ4n) is 10.9. The Morgan fingerprint density at radius 2 is 0.940 bits per heavy atom. The molecular weight excluding hydrogens is 850 g/mol. The number of hydrogen-bond acceptors (Lipinski definition) is 5. The summed E-state index contributed by atoms with van der Waals surface area (Å²) in [5.41, 5.74) is 19.4. The third-order valence-electron chi connectivity index (χ3n) is 13.8. The lowest BCUT2D eigenvalue weighted by atomic mass is 9.32. The van der Waals surface area contributed by atoms with Crippen LogP contribution in [0.15, 0.2) is 250 Å². The Kier molecular flexibility index (Phi) is 8.96. The molecule has 0 bridgehead atoms. The highest BCUT2D eigenvalue weighted by atomic mass is 32.2. The van der Waals surface area contributed by atoms with E-state index in [1.807, 2.05) is 23.5 Å². The molecule has 0 spiro atoms. The van der Waals surface area contributed by atoms with Crippen LogP contribution in [0, 0.1) is 0 Å². The van der Waals surface area contributed by atoms with Gasteiger partial charge in [0.25, 0.3) is 6.71 Å². The first-order valence-electron chi connectivity index (χ1n) is 22.9. The second kappa shape index (κ2) is 15.5. The van der Waals surface area contributed by atoms with Gasteiger partial charge in [0.15, 0.2) is 0 Å². The molecule has 4 aliphatic heterocycles. The highest BCUT2D eigenvalue weighted by molar-refractivity contribution is 8.00. The van der Waals surface area contributed by atoms with E-state index in [1.54, 1.807) is 0 Å². The maximum Gasteiger partial charge on any atom is 0.253 e. The number of para-hydroxylation sites is 4. The van der Waals surface area contributed by atoms with Crippen molar-refractivity contribution in [2.75, 3.05) is 9.80 Å². The van der Waals surface area contributed by atoms with Crippen LogP contribution < -0.4 is 47.3 Å². The standard InChI is InChI=1S/C60H38B2N2OS2/c1-5-19-39(20-6-1)41-33-54-60-57(34-41)67-56-38-51-48(37-49(56)61(60)46-28-14-17-31-53(46)65-54)62-47-29-15-18-32-55(47)66-58-36-44(63(42-23-9-3-10-24-42)43-25-11-4-12-26-43)35-52(59(58)62)64(51)50-30-16-13-27-45(50)40-21-7-2-8-22-40/h1-38H.